The fourth-order valence-electron chi connectivity index (χ4n) is 1.12. The van der Waals surface area contributed by atoms with Crippen molar-refractivity contribution in [3.8, 4) is 11.8 Å². The number of nitrogens with two attached hydrogens (primary N) is 1. The maximum Gasteiger partial charge on any atom is 0.0783 e. The summed E-state index contributed by atoms with van der Waals surface area (Å²) < 4.78 is 0. The summed E-state index contributed by atoms with van der Waals surface area (Å²) >= 11 is 11.7. The molecule has 5 heteroatoms. The van der Waals surface area contributed by atoms with E-state index in [0.29, 0.717) is 22.2 Å². The minimum Gasteiger partial charge on any atom is -0.271 e. The van der Waals surface area contributed by atoms with Crippen LogP contribution < -0.4 is 11.3 Å². The number of pyridine rings is 1. The lowest BCUT2D eigenvalue weighted by atomic mass is 10.1. The Morgan fingerprint density at radius 3 is 2.87 bits per heavy atom. The normalized spacial score (nSPS) is 11.7. The van der Waals surface area contributed by atoms with E-state index in [-0.39, 0.29) is 6.04 Å². The van der Waals surface area contributed by atoms with Crippen molar-refractivity contribution < 1.29 is 0 Å². The molecule has 0 aliphatic rings. The molecule has 0 saturated heterocycles. The van der Waals surface area contributed by atoms with Gasteiger partial charge in [-0.05, 0) is 13.0 Å². The first-order valence-electron chi connectivity index (χ1n) is 4.35. The van der Waals surface area contributed by atoms with Crippen LogP contribution >= 0.6 is 23.2 Å². The Morgan fingerprint density at radius 1 is 1.60 bits per heavy atom. The molecule has 80 valence electrons. The number of nitrogens with zero attached hydrogens (tertiary/aromatic N) is 1. The van der Waals surface area contributed by atoms with E-state index in [1.54, 1.807) is 13.0 Å². The van der Waals surface area contributed by atoms with Gasteiger partial charge in [0.15, 0.2) is 0 Å². The average molecular weight is 244 g/mol. The van der Waals surface area contributed by atoms with Gasteiger partial charge < -0.3 is 0 Å². The molecule has 0 saturated carbocycles. The molecule has 3 N–H and O–H groups in total. The van der Waals surface area contributed by atoms with Crippen LogP contribution in [0.4, 0.5) is 0 Å². The van der Waals surface area contributed by atoms with E-state index in [4.69, 9.17) is 29.0 Å². The number of hydrogen-bond donors (Lipinski definition) is 2. The lowest BCUT2D eigenvalue weighted by molar-refractivity contribution is 0.554. The topological polar surface area (TPSA) is 50.9 Å². The van der Waals surface area contributed by atoms with E-state index >= 15 is 0 Å². The predicted octanol–water partition coefficient (Wildman–Crippen LogP) is 2.31. The highest BCUT2D eigenvalue weighted by molar-refractivity contribution is 6.34. The fraction of sp³-hybridized carbons (Fsp3) is 0.300. The first kappa shape index (κ1) is 12.3. The van der Waals surface area contributed by atoms with Gasteiger partial charge in [0.1, 0.15) is 0 Å². The van der Waals surface area contributed by atoms with Crippen molar-refractivity contribution in [1.29, 1.82) is 0 Å². The zero-order chi connectivity index (χ0) is 11.3. The summed E-state index contributed by atoms with van der Waals surface area (Å²) in [5.41, 5.74) is 3.28. The Bertz CT molecular complexity index is 395. The molecule has 1 aromatic heterocycles. The zero-order valence-electron chi connectivity index (χ0n) is 8.22. The van der Waals surface area contributed by atoms with Gasteiger partial charge in [-0.1, -0.05) is 23.2 Å². The minimum atomic E-state index is -0.179. The van der Waals surface area contributed by atoms with Gasteiger partial charge in [0, 0.05) is 12.6 Å². The van der Waals surface area contributed by atoms with E-state index in [9.17, 15) is 0 Å². The molecule has 0 aliphatic heterocycles. The molecule has 0 radical (unpaired) electrons. The van der Waals surface area contributed by atoms with Crippen molar-refractivity contribution in [1.82, 2.24) is 10.4 Å². The summed E-state index contributed by atoms with van der Waals surface area (Å²) in [4.78, 5) is 4.13. The van der Waals surface area contributed by atoms with Gasteiger partial charge in [-0.3, -0.25) is 16.3 Å². The van der Waals surface area contributed by atoms with E-state index in [2.05, 4.69) is 22.3 Å². The van der Waals surface area contributed by atoms with Crippen LogP contribution in [-0.4, -0.2) is 4.98 Å². The summed E-state index contributed by atoms with van der Waals surface area (Å²) in [6.45, 7) is 1.77. The number of hydrogen-bond acceptors (Lipinski definition) is 3. The third-order valence-corrected chi connectivity index (χ3v) is 2.36. The lowest BCUT2D eigenvalue weighted by Crippen LogP contribution is -2.28. The summed E-state index contributed by atoms with van der Waals surface area (Å²) in [5.74, 6) is 11.1. The minimum absolute atomic E-state index is 0.179. The van der Waals surface area contributed by atoms with Gasteiger partial charge in [0.2, 0.25) is 0 Å². The molecule has 0 spiro atoms. The fourth-order valence-corrected chi connectivity index (χ4v) is 1.63. The molecule has 1 aromatic rings. The second kappa shape index (κ2) is 5.94. The predicted molar refractivity (Wildman–Crippen MR) is 62.4 cm³/mol. The molecule has 0 aromatic carbocycles. The number of aromatic nitrogens is 1. The van der Waals surface area contributed by atoms with E-state index in [0.717, 1.165) is 0 Å². The molecule has 0 fully saturated rings. The maximum absolute atomic E-state index is 5.99. The Balaban J connectivity index is 2.94. The second-order valence-corrected chi connectivity index (χ2v) is 3.71. The van der Waals surface area contributed by atoms with Crippen LogP contribution in [0.25, 0.3) is 0 Å². The van der Waals surface area contributed by atoms with Crippen LogP contribution in [0, 0.1) is 11.8 Å². The van der Waals surface area contributed by atoms with Crippen LogP contribution in [0.1, 0.15) is 25.1 Å². The van der Waals surface area contributed by atoms with Crippen LogP contribution in [0.5, 0.6) is 0 Å². The SMILES string of the molecule is CC#CCC(NN)c1ncc(Cl)cc1Cl. The highest BCUT2D eigenvalue weighted by Crippen LogP contribution is 2.24. The maximum atomic E-state index is 5.99. The number of halogens is 2. The third-order valence-electron chi connectivity index (χ3n) is 1.85. The Morgan fingerprint density at radius 2 is 2.33 bits per heavy atom. The molecule has 0 bridgehead atoms. The third kappa shape index (κ3) is 3.37. The van der Waals surface area contributed by atoms with Crippen LogP contribution in [0.15, 0.2) is 12.3 Å². The van der Waals surface area contributed by atoms with Gasteiger partial charge in [0.05, 0.1) is 21.8 Å². The van der Waals surface area contributed by atoms with E-state index < -0.39 is 0 Å². The average Bonchev–Trinajstić information content (AvgIpc) is 2.21. The van der Waals surface area contributed by atoms with Crippen molar-refractivity contribution in [2.24, 2.45) is 5.84 Å². The van der Waals surface area contributed by atoms with Gasteiger partial charge in [0.25, 0.3) is 0 Å². The molecule has 1 atom stereocenters. The molecular weight excluding hydrogens is 233 g/mol. The first-order chi connectivity index (χ1) is 7.19. The van der Waals surface area contributed by atoms with Crippen molar-refractivity contribution in [2.45, 2.75) is 19.4 Å². The van der Waals surface area contributed by atoms with Crippen LogP contribution in [0.2, 0.25) is 10.0 Å². The Kier molecular flexibility index (Phi) is 4.86. The molecule has 15 heavy (non-hydrogen) atoms. The highest BCUT2D eigenvalue weighted by atomic mass is 35.5. The van der Waals surface area contributed by atoms with Gasteiger partial charge in [-0.15, -0.1) is 11.8 Å². The molecule has 3 nitrogen and oxygen atoms in total. The van der Waals surface area contributed by atoms with Gasteiger partial charge in [-0.25, -0.2) is 0 Å². The quantitative estimate of drug-likeness (QED) is 0.487. The smallest absolute Gasteiger partial charge is 0.0783 e. The molecule has 1 heterocycles. The molecule has 0 aliphatic carbocycles. The van der Waals surface area contributed by atoms with Crippen LogP contribution in [0.3, 0.4) is 0 Å². The molecular formula is C10H11Cl2N3. The van der Waals surface area contributed by atoms with Crippen molar-refractivity contribution in [3.05, 3.63) is 28.0 Å². The van der Waals surface area contributed by atoms with E-state index in [1.165, 1.54) is 6.20 Å². The van der Waals surface area contributed by atoms with Crippen molar-refractivity contribution >= 4 is 23.2 Å². The summed E-state index contributed by atoms with van der Waals surface area (Å²) in [7, 11) is 0. The number of rotatable bonds is 3. The second-order valence-electron chi connectivity index (χ2n) is 2.87. The monoisotopic (exact) mass is 243 g/mol. The van der Waals surface area contributed by atoms with Crippen molar-refractivity contribution in [3.63, 3.8) is 0 Å². The van der Waals surface area contributed by atoms with Crippen LogP contribution in [-0.2, 0) is 0 Å². The summed E-state index contributed by atoms with van der Waals surface area (Å²) in [5, 5.41) is 0.990. The van der Waals surface area contributed by atoms with Gasteiger partial charge >= 0.3 is 0 Å². The largest absolute Gasteiger partial charge is 0.271 e. The first-order valence-corrected chi connectivity index (χ1v) is 5.11. The summed E-state index contributed by atoms with van der Waals surface area (Å²) in [6, 6.07) is 1.46. The Labute approximate surface area is 98.9 Å². The summed E-state index contributed by atoms with van der Waals surface area (Å²) in [6.07, 6.45) is 2.09. The molecule has 1 unspecified atom stereocenters. The molecule has 1 rings (SSSR count). The lowest BCUT2D eigenvalue weighted by Gasteiger charge is -2.13. The van der Waals surface area contributed by atoms with E-state index in [1.807, 2.05) is 0 Å². The number of nitrogens with one attached hydrogen (secondary N) is 1. The highest BCUT2D eigenvalue weighted by Gasteiger charge is 2.13. The zero-order valence-corrected chi connectivity index (χ0v) is 9.73. The van der Waals surface area contributed by atoms with Gasteiger partial charge in [-0.2, -0.15) is 0 Å². The van der Waals surface area contributed by atoms with Crippen molar-refractivity contribution in [2.75, 3.05) is 0 Å². The standard InChI is InChI=1S/C10H11Cl2N3/c1-2-3-4-9(15-13)10-8(12)5-7(11)6-14-10/h5-6,9,15H,4,13H2,1H3. The number of hydrazine groups is 1. The molecule has 0 amide bonds. The Hall–Kier alpha value is -0.790.